The van der Waals surface area contributed by atoms with Crippen LogP contribution in [0.4, 0.5) is 0 Å². The van der Waals surface area contributed by atoms with Gasteiger partial charge in [0.15, 0.2) is 0 Å². The molecule has 0 radical (unpaired) electrons. The molecule has 0 aliphatic heterocycles. The molecule has 2 unspecified atom stereocenters. The van der Waals surface area contributed by atoms with Crippen LogP contribution in [0.2, 0.25) is 0 Å². The van der Waals surface area contributed by atoms with E-state index in [-0.39, 0.29) is 11.3 Å². The molecule has 0 aliphatic carbocycles. The molecule has 0 aliphatic rings. The van der Waals surface area contributed by atoms with E-state index in [0.717, 1.165) is 16.9 Å². The summed E-state index contributed by atoms with van der Waals surface area (Å²) >= 11 is 1.08. The maximum atomic E-state index is 11.1. The molecule has 5 nitrogen and oxygen atoms in total. The number of nitrogens with zero attached hydrogens (tertiary/aromatic N) is 1. The topological polar surface area (TPSA) is 97.1 Å². The number of rotatable bonds is 4. The van der Waals surface area contributed by atoms with Crippen molar-refractivity contribution >= 4 is 11.3 Å². The molecule has 0 saturated heterocycles. The Morgan fingerprint density at radius 3 is 2.53 bits per heavy atom. The Balaban J connectivity index is 2.19. The Kier molecular flexibility index (Phi) is 4.12. The maximum Gasteiger partial charge on any atom is 0.304 e. The summed E-state index contributed by atoms with van der Waals surface area (Å²) < 4.78 is 0. The van der Waals surface area contributed by atoms with Gasteiger partial charge in [0.1, 0.15) is 6.10 Å². The quantitative estimate of drug-likeness (QED) is 0.786. The average Bonchev–Trinajstić information content (AvgIpc) is 2.85. The molecule has 0 amide bonds. The van der Waals surface area contributed by atoms with Crippen LogP contribution in [0.15, 0.2) is 34.4 Å². The van der Waals surface area contributed by atoms with Crippen LogP contribution in [0.1, 0.15) is 18.1 Å². The second kappa shape index (κ2) is 5.80. The average molecular weight is 276 g/mol. The summed E-state index contributed by atoms with van der Waals surface area (Å²) in [6.45, 7) is 0. The molecule has 3 N–H and O–H groups in total. The third kappa shape index (κ3) is 3.09. The van der Waals surface area contributed by atoms with E-state index < -0.39 is 12.2 Å². The summed E-state index contributed by atoms with van der Waals surface area (Å²) in [5.74, 6) is 0. The third-order valence-electron chi connectivity index (χ3n) is 2.75. The van der Waals surface area contributed by atoms with Gasteiger partial charge in [-0.1, -0.05) is 35.6 Å². The van der Waals surface area contributed by atoms with E-state index in [9.17, 15) is 15.0 Å². The zero-order valence-electron chi connectivity index (χ0n) is 9.91. The lowest BCUT2D eigenvalue weighted by molar-refractivity contribution is 0.0216. The fraction of sp³-hybridized carbons (Fsp3) is 0.231. The molecule has 2 atom stereocenters. The van der Waals surface area contributed by atoms with Crippen molar-refractivity contribution in [2.24, 2.45) is 0 Å². The number of aliphatic hydroxyl groups excluding tert-OH is 2. The van der Waals surface area contributed by atoms with Gasteiger partial charge in [-0.25, -0.2) is 0 Å². The van der Waals surface area contributed by atoms with Gasteiger partial charge >= 0.3 is 4.87 Å². The van der Waals surface area contributed by atoms with Crippen LogP contribution in [-0.2, 0) is 0 Å². The van der Waals surface area contributed by atoms with Crippen LogP contribution >= 0.6 is 11.3 Å². The Morgan fingerprint density at radius 2 is 2.00 bits per heavy atom. The number of hydrogen-bond acceptors (Lipinski definition) is 5. The summed E-state index contributed by atoms with van der Waals surface area (Å²) in [6, 6.07) is 8.63. The first-order valence-corrected chi connectivity index (χ1v) is 6.51. The van der Waals surface area contributed by atoms with Crippen molar-refractivity contribution in [3.05, 3.63) is 44.9 Å². The van der Waals surface area contributed by atoms with Gasteiger partial charge < -0.3 is 15.2 Å². The molecule has 0 fully saturated rings. The van der Waals surface area contributed by atoms with Gasteiger partial charge in [0.25, 0.3) is 0 Å². The number of benzene rings is 1. The van der Waals surface area contributed by atoms with Crippen molar-refractivity contribution in [1.82, 2.24) is 4.98 Å². The van der Waals surface area contributed by atoms with Crippen molar-refractivity contribution < 1.29 is 10.2 Å². The normalized spacial score (nSPS) is 13.7. The van der Waals surface area contributed by atoms with E-state index in [4.69, 9.17) is 5.26 Å². The molecule has 6 heteroatoms. The zero-order valence-corrected chi connectivity index (χ0v) is 10.7. The van der Waals surface area contributed by atoms with E-state index in [0.29, 0.717) is 11.3 Å². The lowest BCUT2D eigenvalue weighted by Crippen LogP contribution is -2.17. The molecule has 19 heavy (non-hydrogen) atoms. The van der Waals surface area contributed by atoms with Crippen LogP contribution in [0.3, 0.4) is 0 Å². The van der Waals surface area contributed by atoms with Crippen LogP contribution in [0.25, 0.3) is 11.3 Å². The van der Waals surface area contributed by atoms with Gasteiger partial charge in [-0.05, 0) is 11.1 Å². The number of thiazole rings is 1. The number of H-pyrrole nitrogens is 1. The minimum atomic E-state index is -1.10. The largest absolute Gasteiger partial charge is 0.389 e. The summed E-state index contributed by atoms with van der Waals surface area (Å²) in [4.78, 5) is 13.6. The monoisotopic (exact) mass is 276 g/mol. The van der Waals surface area contributed by atoms with E-state index >= 15 is 0 Å². The molecule has 0 saturated carbocycles. The molecule has 1 aromatic carbocycles. The number of hydrogen-bond donors (Lipinski definition) is 3. The second-order valence-corrected chi connectivity index (χ2v) is 4.90. The molecule has 2 rings (SSSR count). The highest BCUT2D eigenvalue weighted by Gasteiger charge is 2.17. The fourth-order valence-corrected chi connectivity index (χ4v) is 2.30. The number of aromatic nitrogens is 1. The van der Waals surface area contributed by atoms with Gasteiger partial charge in [-0.2, -0.15) is 5.26 Å². The van der Waals surface area contributed by atoms with Crippen molar-refractivity contribution in [1.29, 1.82) is 5.26 Å². The van der Waals surface area contributed by atoms with Crippen molar-refractivity contribution in [3.63, 3.8) is 0 Å². The minimum Gasteiger partial charge on any atom is -0.389 e. The SMILES string of the molecule is N#CCC(O)C(O)c1ccc(-c2csc(=O)[nH]2)cc1. The highest BCUT2D eigenvalue weighted by molar-refractivity contribution is 7.07. The van der Waals surface area contributed by atoms with Crippen molar-refractivity contribution in [3.8, 4) is 17.3 Å². The summed E-state index contributed by atoms with van der Waals surface area (Å²) in [6.07, 6.45) is -2.31. The molecule has 0 spiro atoms. The Hall–Kier alpha value is -1.94. The predicted octanol–water partition coefficient (Wildman–Crippen LogP) is 1.41. The molecule has 2 aromatic rings. The van der Waals surface area contributed by atoms with E-state index in [1.807, 2.05) is 6.07 Å². The molecular formula is C13H12N2O3S. The van der Waals surface area contributed by atoms with Crippen LogP contribution < -0.4 is 4.87 Å². The Bertz CT molecular complexity index is 639. The lowest BCUT2D eigenvalue weighted by atomic mass is 10.0. The summed E-state index contributed by atoms with van der Waals surface area (Å²) in [5.41, 5.74) is 2.07. The molecule has 1 aromatic heterocycles. The van der Waals surface area contributed by atoms with Gasteiger partial charge in [0.2, 0.25) is 0 Å². The number of aliphatic hydroxyl groups is 2. The minimum absolute atomic E-state index is 0.122. The first kappa shape index (κ1) is 13.5. The summed E-state index contributed by atoms with van der Waals surface area (Å²) in [7, 11) is 0. The zero-order chi connectivity index (χ0) is 13.8. The highest BCUT2D eigenvalue weighted by Crippen LogP contribution is 2.23. The van der Waals surface area contributed by atoms with Crippen molar-refractivity contribution in [2.45, 2.75) is 18.6 Å². The molecular weight excluding hydrogens is 264 g/mol. The summed E-state index contributed by atoms with van der Waals surface area (Å²) in [5, 5.41) is 29.6. The number of nitrogens with one attached hydrogen (secondary N) is 1. The third-order valence-corrected chi connectivity index (χ3v) is 3.42. The van der Waals surface area contributed by atoms with Gasteiger partial charge in [0.05, 0.1) is 24.3 Å². The number of nitriles is 1. The lowest BCUT2D eigenvalue weighted by Gasteiger charge is -2.15. The van der Waals surface area contributed by atoms with Crippen LogP contribution in [0.5, 0.6) is 0 Å². The Labute approximate surface area is 113 Å². The van der Waals surface area contributed by atoms with E-state index in [1.165, 1.54) is 0 Å². The highest BCUT2D eigenvalue weighted by atomic mass is 32.1. The van der Waals surface area contributed by atoms with E-state index in [2.05, 4.69) is 4.98 Å². The molecule has 1 heterocycles. The van der Waals surface area contributed by atoms with Gasteiger partial charge in [0, 0.05) is 5.38 Å². The van der Waals surface area contributed by atoms with Crippen LogP contribution in [0, 0.1) is 11.3 Å². The smallest absolute Gasteiger partial charge is 0.304 e. The molecule has 0 bridgehead atoms. The van der Waals surface area contributed by atoms with Gasteiger partial charge in [-0.3, -0.25) is 4.79 Å². The predicted molar refractivity (Wildman–Crippen MR) is 71.6 cm³/mol. The standard InChI is InChI=1S/C13H12N2O3S/c14-6-5-11(16)12(17)9-3-1-8(2-4-9)10-7-19-13(18)15-10/h1-4,7,11-12,16-17H,5H2,(H,15,18). The molecule has 98 valence electrons. The van der Waals surface area contributed by atoms with E-state index in [1.54, 1.807) is 29.6 Å². The first-order valence-electron chi connectivity index (χ1n) is 5.63. The van der Waals surface area contributed by atoms with Crippen molar-refractivity contribution in [2.75, 3.05) is 0 Å². The second-order valence-electron chi connectivity index (χ2n) is 4.06. The van der Waals surface area contributed by atoms with Crippen LogP contribution in [-0.4, -0.2) is 21.3 Å². The maximum absolute atomic E-state index is 11.1. The Morgan fingerprint density at radius 1 is 1.32 bits per heavy atom. The van der Waals surface area contributed by atoms with Gasteiger partial charge in [-0.15, -0.1) is 0 Å². The number of aromatic amines is 1. The fourth-order valence-electron chi connectivity index (χ4n) is 1.71. The first-order chi connectivity index (χ1) is 9.11.